The number of aryl methyl sites for hydroxylation is 2. The van der Waals surface area contributed by atoms with E-state index in [1.165, 1.54) is 16.4 Å². The Hall–Kier alpha value is -1.80. The van der Waals surface area contributed by atoms with Gasteiger partial charge in [-0.15, -0.1) is 10.2 Å². The third-order valence-corrected chi connectivity index (χ3v) is 5.99. The molecule has 1 aromatic carbocycles. The van der Waals surface area contributed by atoms with Gasteiger partial charge in [0.15, 0.2) is 0 Å². The van der Waals surface area contributed by atoms with Crippen molar-refractivity contribution in [2.75, 3.05) is 13.1 Å². The molecule has 1 fully saturated rings. The van der Waals surface area contributed by atoms with Crippen molar-refractivity contribution < 1.29 is 12.8 Å². The molecule has 1 unspecified atom stereocenters. The van der Waals surface area contributed by atoms with Gasteiger partial charge in [-0.05, 0) is 43.5 Å². The van der Waals surface area contributed by atoms with Crippen LogP contribution >= 0.6 is 0 Å². The number of rotatable bonds is 3. The van der Waals surface area contributed by atoms with E-state index in [2.05, 4.69) is 10.2 Å². The molecule has 124 valence electrons. The van der Waals surface area contributed by atoms with Gasteiger partial charge in [-0.25, -0.2) is 12.8 Å². The highest BCUT2D eigenvalue weighted by molar-refractivity contribution is 7.89. The van der Waals surface area contributed by atoms with Crippen molar-refractivity contribution in [1.82, 2.24) is 19.1 Å². The van der Waals surface area contributed by atoms with E-state index in [0.29, 0.717) is 18.7 Å². The molecule has 0 bridgehead atoms. The van der Waals surface area contributed by atoms with Crippen molar-refractivity contribution in [1.29, 1.82) is 0 Å². The van der Waals surface area contributed by atoms with Crippen molar-refractivity contribution in [3.63, 3.8) is 0 Å². The number of sulfonamides is 1. The van der Waals surface area contributed by atoms with E-state index in [9.17, 15) is 12.8 Å². The van der Waals surface area contributed by atoms with Crippen LogP contribution in [0.4, 0.5) is 4.39 Å². The summed E-state index contributed by atoms with van der Waals surface area (Å²) in [6.45, 7) is 2.46. The maximum Gasteiger partial charge on any atom is 0.243 e. The fraction of sp³-hybridized carbons (Fsp3) is 0.467. The van der Waals surface area contributed by atoms with E-state index in [4.69, 9.17) is 0 Å². The molecule has 6 nitrogen and oxygen atoms in total. The minimum atomic E-state index is -3.71. The van der Waals surface area contributed by atoms with Gasteiger partial charge in [-0.2, -0.15) is 4.31 Å². The van der Waals surface area contributed by atoms with Gasteiger partial charge in [0.2, 0.25) is 10.0 Å². The van der Waals surface area contributed by atoms with Gasteiger partial charge in [0.25, 0.3) is 0 Å². The Labute approximate surface area is 135 Å². The molecule has 1 aliphatic heterocycles. The van der Waals surface area contributed by atoms with Crippen molar-refractivity contribution >= 4 is 10.0 Å². The summed E-state index contributed by atoms with van der Waals surface area (Å²) in [5.41, 5.74) is 0.588. The zero-order valence-electron chi connectivity index (χ0n) is 13.1. The molecule has 8 heteroatoms. The van der Waals surface area contributed by atoms with Crippen LogP contribution in [0.2, 0.25) is 0 Å². The normalized spacial score (nSPS) is 19.9. The fourth-order valence-electron chi connectivity index (χ4n) is 3.03. The number of benzene rings is 1. The molecule has 1 atom stereocenters. The topological polar surface area (TPSA) is 68.1 Å². The minimum absolute atomic E-state index is 0.000631. The van der Waals surface area contributed by atoms with E-state index in [1.54, 1.807) is 13.3 Å². The van der Waals surface area contributed by atoms with Gasteiger partial charge in [0, 0.05) is 26.1 Å². The lowest BCUT2D eigenvalue weighted by molar-refractivity contribution is 0.306. The first kappa shape index (κ1) is 16.1. The third-order valence-electron chi connectivity index (χ3n) is 4.15. The van der Waals surface area contributed by atoms with Crippen molar-refractivity contribution in [2.24, 2.45) is 7.05 Å². The Balaban J connectivity index is 1.89. The number of halogens is 1. The van der Waals surface area contributed by atoms with Gasteiger partial charge in [-0.3, -0.25) is 0 Å². The third kappa shape index (κ3) is 3.13. The van der Waals surface area contributed by atoms with Gasteiger partial charge in [-0.1, -0.05) is 0 Å². The van der Waals surface area contributed by atoms with Crippen LogP contribution in [-0.2, 0) is 17.1 Å². The van der Waals surface area contributed by atoms with Crippen LogP contribution in [0.15, 0.2) is 29.4 Å². The monoisotopic (exact) mass is 338 g/mol. The summed E-state index contributed by atoms with van der Waals surface area (Å²) < 4.78 is 42.4. The van der Waals surface area contributed by atoms with Gasteiger partial charge in [0.05, 0.1) is 4.90 Å². The molecule has 2 aromatic rings. The Morgan fingerprint density at radius 3 is 2.74 bits per heavy atom. The zero-order valence-corrected chi connectivity index (χ0v) is 13.9. The van der Waals surface area contributed by atoms with E-state index < -0.39 is 15.8 Å². The SMILES string of the molecule is Cc1cc(F)cc(S(=O)(=O)N2CCCC(c3nncn3C)C2)c1. The van der Waals surface area contributed by atoms with E-state index in [-0.39, 0.29) is 10.8 Å². The van der Waals surface area contributed by atoms with Crippen LogP contribution in [0.5, 0.6) is 0 Å². The smallest absolute Gasteiger partial charge is 0.243 e. The van der Waals surface area contributed by atoms with E-state index in [0.717, 1.165) is 24.7 Å². The summed E-state index contributed by atoms with van der Waals surface area (Å²) in [5, 5.41) is 7.95. The van der Waals surface area contributed by atoms with Crippen LogP contribution in [0.3, 0.4) is 0 Å². The Kier molecular flexibility index (Phi) is 4.20. The van der Waals surface area contributed by atoms with Gasteiger partial charge >= 0.3 is 0 Å². The predicted octanol–water partition coefficient (Wildman–Crippen LogP) is 1.83. The number of hydrogen-bond donors (Lipinski definition) is 0. The molecule has 1 aromatic heterocycles. The number of piperidine rings is 1. The largest absolute Gasteiger partial charge is 0.320 e. The Bertz CT molecular complexity index is 798. The highest BCUT2D eigenvalue weighted by atomic mass is 32.2. The lowest BCUT2D eigenvalue weighted by Crippen LogP contribution is -2.39. The van der Waals surface area contributed by atoms with Crippen molar-refractivity contribution in [3.05, 3.63) is 41.7 Å². The van der Waals surface area contributed by atoms with Crippen LogP contribution in [0.1, 0.15) is 30.1 Å². The van der Waals surface area contributed by atoms with E-state index in [1.807, 2.05) is 11.6 Å². The number of nitrogens with zero attached hydrogens (tertiary/aromatic N) is 4. The van der Waals surface area contributed by atoms with Crippen molar-refractivity contribution in [2.45, 2.75) is 30.6 Å². The molecule has 23 heavy (non-hydrogen) atoms. The molecule has 0 aliphatic carbocycles. The summed E-state index contributed by atoms with van der Waals surface area (Å²) >= 11 is 0. The van der Waals surface area contributed by atoms with Crippen LogP contribution in [-0.4, -0.2) is 40.6 Å². The second-order valence-corrected chi connectivity index (χ2v) is 7.90. The maximum absolute atomic E-state index is 13.6. The highest BCUT2D eigenvalue weighted by Gasteiger charge is 2.32. The second-order valence-electron chi connectivity index (χ2n) is 5.97. The molecule has 3 rings (SSSR count). The molecule has 0 radical (unpaired) electrons. The summed E-state index contributed by atoms with van der Waals surface area (Å²) in [7, 11) is -1.86. The number of aromatic nitrogens is 3. The van der Waals surface area contributed by atoms with Crippen LogP contribution < -0.4 is 0 Å². The first-order valence-electron chi connectivity index (χ1n) is 7.49. The molecule has 0 amide bonds. The molecule has 0 saturated carbocycles. The summed E-state index contributed by atoms with van der Waals surface area (Å²) in [6, 6.07) is 3.90. The lowest BCUT2D eigenvalue weighted by Gasteiger charge is -2.31. The average molecular weight is 338 g/mol. The zero-order chi connectivity index (χ0) is 16.6. The molecular formula is C15H19FN4O2S. The van der Waals surface area contributed by atoms with Gasteiger partial charge in [0.1, 0.15) is 18.0 Å². The molecular weight excluding hydrogens is 319 g/mol. The summed E-state index contributed by atoms with van der Waals surface area (Å²) in [5.74, 6) is 0.242. The lowest BCUT2D eigenvalue weighted by atomic mass is 9.99. The average Bonchev–Trinajstić information content (AvgIpc) is 2.92. The number of hydrogen-bond acceptors (Lipinski definition) is 4. The minimum Gasteiger partial charge on any atom is -0.320 e. The Morgan fingerprint density at radius 2 is 2.09 bits per heavy atom. The second kappa shape index (κ2) is 6.01. The molecule has 0 spiro atoms. The summed E-state index contributed by atoms with van der Waals surface area (Å²) in [6.07, 6.45) is 3.21. The van der Waals surface area contributed by atoms with Gasteiger partial charge < -0.3 is 4.57 Å². The fourth-order valence-corrected chi connectivity index (χ4v) is 4.67. The van der Waals surface area contributed by atoms with Crippen molar-refractivity contribution in [3.8, 4) is 0 Å². The first-order chi connectivity index (χ1) is 10.9. The van der Waals surface area contributed by atoms with Crippen LogP contribution in [0.25, 0.3) is 0 Å². The molecule has 2 heterocycles. The molecule has 1 aliphatic rings. The van der Waals surface area contributed by atoms with E-state index >= 15 is 0 Å². The first-order valence-corrected chi connectivity index (χ1v) is 8.93. The molecule has 0 N–H and O–H groups in total. The van der Waals surface area contributed by atoms with Crippen LogP contribution in [0, 0.1) is 12.7 Å². The molecule has 1 saturated heterocycles. The Morgan fingerprint density at radius 1 is 1.30 bits per heavy atom. The standard InChI is InChI=1S/C15H19FN4O2S/c1-11-6-13(16)8-14(7-11)23(21,22)20-5-3-4-12(9-20)15-18-17-10-19(15)2/h6-8,10,12H,3-5,9H2,1-2H3. The highest BCUT2D eigenvalue weighted by Crippen LogP contribution is 2.29. The quantitative estimate of drug-likeness (QED) is 0.856. The predicted molar refractivity (Wildman–Crippen MR) is 82.9 cm³/mol. The maximum atomic E-state index is 13.6. The summed E-state index contributed by atoms with van der Waals surface area (Å²) in [4.78, 5) is 0.00798.